The zero-order valence-electron chi connectivity index (χ0n) is 8.96. The Kier molecular flexibility index (Phi) is 3.91. The molecule has 0 amide bonds. The van der Waals surface area contributed by atoms with Crippen LogP contribution in [0.25, 0.3) is 0 Å². The number of anilines is 1. The van der Waals surface area contributed by atoms with Crippen molar-refractivity contribution in [2.75, 3.05) is 5.32 Å². The monoisotopic (exact) mass is 336 g/mol. The highest BCUT2D eigenvalue weighted by Crippen LogP contribution is 2.29. The van der Waals surface area contributed by atoms with Gasteiger partial charge in [0.2, 0.25) is 0 Å². The van der Waals surface area contributed by atoms with Crippen LogP contribution in [0.3, 0.4) is 0 Å². The second kappa shape index (κ2) is 5.27. The van der Waals surface area contributed by atoms with E-state index in [1.807, 2.05) is 0 Å². The van der Waals surface area contributed by atoms with E-state index in [9.17, 15) is 13.2 Å². The Morgan fingerprint density at radius 3 is 2.72 bits per heavy atom. The van der Waals surface area contributed by atoms with E-state index < -0.39 is 11.7 Å². The summed E-state index contributed by atoms with van der Waals surface area (Å²) >= 11 is 4.59. The number of hydrogen-bond acceptors (Lipinski definition) is 3. The van der Waals surface area contributed by atoms with Crippen LogP contribution in [0.5, 0.6) is 0 Å². The minimum atomic E-state index is -4.31. The van der Waals surface area contributed by atoms with Gasteiger partial charge in [-0.15, -0.1) is 11.3 Å². The second-order valence-electron chi connectivity index (χ2n) is 3.53. The summed E-state index contributed by atoms with van der Waals surface area (Å²) in [4.78, 5) is 4.10. The predicted molar refractivity (Wildman–Crippen MR) is 68.6 cm³/mol. The fourth-order valence-electron chi connectivity index (χ4n) is 1.37. The van der Waals surface area contributed by atoms with Crippen molar-refractivity contribution in [1.82, 2.24) is 4.98 Å². The Labute approximate surface area is 114 Å². The molecule has 7 heteroatoms. The summed E-state index contributed by atoms with van der Waals surface area (Å²) in [6.07, 6.45) is -4.31. The van der Waals surface area contributed by atoms with Crippen molar-refractivity contribution in [2.24, 2.45) is 0 Å². The van der Waals surface area contributed by atoms with Gasteiger partial charge >= 0.3 is 6.18 Å². The lowest BCUT2D eigenvalue weighted by Crippen LogP contribution is -2.06. The lowest BCUT2D eigenvalue weighted by atomic mass is 10.1. The topological polar surface area (TPSA) is 24.9 Å². The van der Waals surface area contributed by atoms with E-state index in [0.29, 0.717) is 21.8 Å². The molecule has 1 aromatic carbocycles. The largest absolute Gasteiger partial charge is 0.416 e. The highest BCUT2D eigenvalue weighted by Gasteiger charge is 2.30. The van der Waals surface area contributed by atoms with Crippen LogP contribution in [-0.4, -0.2) is 4.98 Å². The number of alkyl halides is 3. The first kappa shape index (κ1) is 13.4. The Bertz CT molecular complexity index is 539. The summed E-state index contributed by atoms with van der Waals surface area (Å²) < 4.78 is 38.2. The molecule has 0 aliphatic carbocycles. The molecule has 0 bridgehead atoms. The molecule has 2 nitrogen and oxygen atoms in total. The van der Waals surface area contributed by atoms with Gasteiger partial charge in [-0.3, -0.25) is 0 Å². The summed E-state index contributed by atoms with van der Waals surface area (Å²) in [7, 11) is 0. The summed E-state index contributed by atoms with van der Waals surface area (Å²) in [6, 6.07) is 5.24. The first-order chi connectivity index (χ1) is 8.45. The lowest BCUT2D eigenvalue weighted by Gasteiger charge is -2.08. The van der Waals surface area contributed by atoms with Crippen molar-refractivity contribution < 1.29 is 13.2 Å². The van der Waals surface area contributed by atoms with Crippen LogP contribution < -0.4 is 5.32 Å². The zero-order valence-corrected chi connectivity index (χ0v) is 11.4. The number of nitrogens with zero attached hydrogens (tertiary/aromatic N) is 1. The fourth-order valence-corrected chi connectivity index (χ4v) is 2.51. The Balaban J connectivity index is 2.06. The average molecular weight is 337 g/mol. The molecule has 1 N–H and O–H groups in total. The van der Waals surface area contributed by atoms with Crippen LogP contribution in [-0.2, 0) is 12.7 Å². The smallest absolute Gasteiger partial charge is 0.357 e. The molecule has 1 aromatic heterocycles. The number of aromatic nitrogens is 1. The molecule has 18 heavy (non-hydrogen) atoms. The SMILES string of the molecule is FC(F)(F)c1cccc(CNc2nc(Br)cs2)c1. The van der Waals surface area contributed by atoms with E-state index in [1.165, 1.54) is 17.4 Å². The molecule has 0 fully saturated rings. The second-order valence-corrected chi connectivity index (χ2v) is 5.20. The van der Waals surface area contributed by atoms with E-state index in [-0.39, 0.29) is 0 Å². The average Bonchev–Trinajstić information content (AvgIpc) is 2.72. The quantitative estimate of drug-likeness (QED) is 0.890. The molecule has 0 saturated heterocycles. The molecule has 0 spiro atoms. The number of benzene rings is 1. The Morgan fingerprint density at radius 1 is 1.33 bits per heavy atom. The lowest BCUT2D eigenvalue weighted by molar-refractivity contribution is -0.137. The van der Waals surface area contributed by atoms with Crippen molar-refractivity contribution in [3.8, 4) is 0 Å². The van der Waals surface area contributed by atoms with Crippen molar-refractivity contribution in [2.45, 2.75) is 12.7 Å². The van der Waals surface area contributed by atoms with Crippen LogP contribution >= 0.6 is 27.3 Å². The molecule has 0 aliphatic heterocycles. The van der Waals surface area contributed by atoms with Gasteiger partial charge in [-0.05, 0) is 33.6 Å². The maximum Gasteiger partial charge on any atom is 0.416 e. The molecule has 0 radical (unpaired) electrons. The van der Waals surface area contributed by atoms with Crippen molar-refractivity contribution in [1.29, 1.82) is 0 Å². The number of hydrogen-bond donors (Lipinski definition) is 1. The Hall–Kier alpha value is -1.08. The summed E-state index contributed by atoms with van der Waals surface area (Å²) in [5.41, 5.74) is -0.0710. The van der Waals surface area contributed by atoms with E-state index in [4.69, 9.17) is 0 Å². The zero-order chi connectivity index (χ0) is 13.2. The molecule has 0 unspecified atom stereocenters. The third-order valence-electron chi connectivity index (χ3n) is 2.17. The van der Waals surface area contributed by atoms with E-state index in [1.54, 1.807) is 11.4 Å². The molecule has 0 atom stereocenters. The number of halogens is 4. The molecular formula is C11H8BrF3N2S. The third kappa shape index (κ3) is 3.46. The van der Waals surface area contributed by atoms with Crippen LogP contribution in [0.4, 0.5) is 18.3 Å². The molecule has 2 rings (SSSR count). The number of nitrogens with one attached hydrogen (secondary N) is 1. The summed E-state index contributed by atoms with van der Waals surface area (Å²) in [5, 5.41) is 5.44. The van der Waals surface area contributed by atoms with Gasteiger partial charge in [-0.1, -0.05) is 12.1 Å². The van der Waals surface area contributed by atoms with Crippen LogP contribution in [0.1, 0.15) is 11.1 Å². The molecule has 0 aliphatic rings. The van der Waals surface area contributed by atoms with Gasteiger partial charge in [0.25, 0.3) is 0 Å². The van der Waals surface area contributed by atoms with Crippen molar-refractivity contribution in [3.05, 3.63) is 45.4 Å². The normalized spacial score (nSPS) is 11.6. The molecule has 0 saturated carbocycles. The van der Waals surface area contributed by atoms with Crippen molar-refractivity contribution in [3.63, 3.8) is 0 Å². The Morgan fingerprint density at radius 2 is 2.11 bits per heavy atom. The standard InChI is InChI=1S/C11H8BrF3N2S/c12-9-6-18-10(17-9)16-5-7-2-1-3-8(4-7)11(13,14)15/h1-4,6H,5H2,(H,16,17). The maximum atomic E-state index is 12.5. The van der Waals surface area contributed by atoms with Gasteiger partial charge in [0.1, 0.15) is 4.60 Å². The first-order valence-electron chi connectivity index (χ1n) is 4.96. The van der Waals surface area contributed by atoms with Gasteiger partial charge in [-0.2, -0.15) is 13.2 Å². The molecule has 2 aromatic rings. The number of thiazole rings is 1. The van der Waals surface area contributed by atoms with Gasteiger partial charge < -0.3 is 5.32 Å². The van der Waals surface area contributed by atoms with Crippen molar-refractivity contribution >= 4 is 32.4 Å². The van der Waals surface area contributed by atoms with Crippen LogP contribution in [0.15, 0.2) is 34.2 Å². The molecular weight excluding hydrogens is 329 g/mol. The van der Waals surface area contributed by atoms with Gasteiger partial charge in [0.05, 0.1) is 5.56 Å². The maximum absolute atomic E-state index is 12.5. The summed E-state index contributed by atoms with van der Waals surface area (Å²) in [6.45, 7) is 0.309. The minimum Gasteiger partial charge on any atom is -0.357 e. The van der Waals surface area contributed by atoms with Crippen LogP contribution in [0.2, 0.25) is 0 Å². The van der Waals surface area contributed by atoms with E-state index >= 15 is 0 Å². The molecule has 96 valence electrons. The highest BCUT2D eigenvalue weighted by atomic mass is 79.9. The predicted octanol–water partition coefficient (Wildman–Crippen LogP) is 4.54. The molecule has 1 heterocycles. The van der Waals surface area contributed by atoms with Crippen LogP contribution in [0, 0.1) is 0 Å². The third-order valence-corrected chi connectivity index (χ3v) is 3.68. The van der Waals surface area contributed by atoms with Gasteiger partial charge in [0.15, 0.2) is 5.13 Å². The van der Waals surface area contributed by atoms with E-state index in [2.05, 4.69) is 26.2 Å². The fraction of sp³-hybridized carbons (Fsp3) is 0.182. The summed E-state index contributed by atoms with van der Waals surface area (Å²) in [5.74, 6) is 0. The number of rotatable bonds is 3. The first-order valence-corrected chi connectivity index (χ1v) is 6.63. The minimum absolute atomic E-state index is 0.309. The van der Waals surface area contributed by atoms with E-state index in [0.717, 1.165) is 12.1 Å². The highest BCUT2D eigenvalue weighted by molar-refractivity contribution is 9.10. The van der Waals surface area contributed by atoms with Gasteiger partial charge in [-0.25, -0.2) is 4.98 Å². The van der Waals surface area contributed by atoms with Gasteiger partial charge in [0, 0.05) is 11.9 Å².